The summed E-state index contributed by atoms with van der Waals surface area (Å²) in [4.78, 5) is 31.5. The van der Waals surface area contributed by atoms with Gasteiger partial charge in [-0.3, -0.25) is 9.59 Å². The molecule has 0 fully saturated rings. The summed E-state index contributed by atoms with van der Waals surface area (Å²) in [6.45, 7) is 10.5. The van der Waals surface area contributed by atoms with E-state index in [-0.39, 0.29) is 44.8 Å². The molecule has 0 radical (unpaired) electrons. The topological polar surface area (TPSA) is 82.0 Å². The van der Waals surface area contributed by atoms with E-state index in [4.69, 9.17) is 18.6 Å². The highest BCUT2D eigenvalue weighted by molar-refractivity contribution is 6.08. The number of nitrogens with zero attached hydrogens (tertiary/aromatic N) is 1. The zero-order chi connectivity index (χ0) is 25.0. The first-order valence-electron chi connectivity index (χ1n) is 11.6. The van der Waals surface area contributed by atoms with E-state index in [1.807, 2.05) is 19.9 Å². The fourth-order valence-electron chi connectivity index (χ4n) is 4.84. The Morgan fingerprint density at radius 2 is 1.49 bits per heavy atom. The number of rotatable bonds is 3. The van der Waals surface area contributed by atoms with Crippen LogP contribution in [0, 0.1) is 5.41 Å². The van der Waals surface area contributed by atoms with E-state index in [1.165, 1.54) is 12.3 Å². The van der Waals surface area contributed by atoms with E-state index >= 15 is 0 Å². The minimum atomic E-state index is -0.480. The second-order valence-electron chi connectivity index (χ2n) is 10.7. The van der Waals surface area contributed by atoms with Gasteiger partial charge < -0.3 is 13.6 Å². The van der Waals surface area contributed by atoms with Crippen molar-refractivity contribution in [3.05, 3.63) is 92.1 Å². The molecule has 0 atom stereocenters. The average molecular weight is 470 g/mol. The van der Waals surface area contributed by atoms with E-state index < -0.39 is 5.54 Å². The molecule has 0 unspecified atom stereocenters. The van der Waals surface area contributed by atoms with E-state index in [0.29, 0.717) is 21.9 Å². The van der Waals surface area contributed by atoms with Crippen LogP contribution in [-0.2, 0) is 4.74 Å². The highest BCUT2D eigenvalue weighted by Gasteiger charge is 2.35. The number of hydrogen-bond acceptors (Lipinski definition) is 6. The average Bonchev–Trinajstić information content (AvgIpc) is 3.10. The standard InChI is InChI=1S/C29H27NO5/c1-28(2,3)16-29(4,5)30-27-26-23(25(32)19-11-7-9-13-21(19)34-26)22(35-27)14-17-15-33-20-12-8-6-10-18(20)24(17)31/h6-15H,16H2,1-5H3/b22-14-,30-27?. The summed E-state index contributed by atoms with van der Waals surface area (Å²) in [7, 11) is 0. The van der Waals surface area contributed by atoms with Crippen LogP contribution in [0.2, 0.25) is 0 Å². The van der Waals surface area contributed by atoms with Crippen molar-refractivity contribution >= 4 is 39.7 Å². The van der Waals surface area contributed by atoms with Crippen LogP contribution >= 0.6 is 0 Å². The smallest absolute Gasteiger partial charge is 0.260 e. The highest BCUT2D eigenvalue weighted by atomic mass is 16.5. The number of fused-ring (bicyclic) bond motifs is 3. The lowest BCUT2D eigenvalue weighted by molar-refractivity contribution is 0.285. The number of benzene rings is 2. The van der Waals surface area contributed by atoms with Gasteiger partial charge in [0.2, 0.25) is 11.2 Å². The molecule has 0 spiro atoms. The molecule has 0 amide bonds. The molecule has 2 aromatic carbocycles. The first-order chi connectivity index (χ1) is 16.5. The van der Waals surface area contributed by atoms with Gasteiger partial charge in [0, 0.05) is 0 Å². The summed E-state index contributed by atoms with van der Waals surface area (Å²) < 4.78 is 17.9. The lowest BCUT2D eigenvalue weighted by Gasteiger charge is -2.29. The van der Waals surface area contributed by atoms with Gasteiger partial charge >= 0.3 is 0 Å². The Kier molecular flexibility index (Phi) is 5.28. The van der Waals surface area contributed by atoms with E-state index in [2.05, 4.69) is 20.8 Å². The summed E-state index contributed by atoms with van der Waals surface area (Å²) in [5.41, 5.74) is 0.560. The Labute approximate surface area is 202 Å². The van der Waals surface area contributed by atoms with Crippen LogP contribution < -0.4 is 10.9 Å². The lowest BCUT2D eigenvalue weighted by atomic mass is 9.82. The molecule has 1 aliphatic heterocycles. The summed E-state index contributed by atoms with van der Waals surface area (Å²) in [6, 6.07) is 14.1. The van der Waals surface area contributed by atoms with Crippen LogP contribution in [0.3, 0.4) is 0 Å². The number of para-hydroxylation sites is 2. The van der Waals surface area contributed by atoms with Crippen molar-refractivity contribution in [1.82, 2.24) is 0 Å². The minimum Gasteiger partial charge on any atom is -0.463 e. The molecule has 0 bridgehead atoms. The molecule has 3 heterocycles. The van der Waals surface area contributed by atoms with Crippen molar-refractivity contribution < 1.29 is 13.6 Å². The van der Waals surface area contributed by atoms with Crippen LogP contribution in [0.4, 0.5) is 0 Å². The Balaban J connectivity index is 1.73. The second-order valence-corrected chi connectivity index (χ2v) is 10.7. The molecule has 35 heavy (non-hydrogen) atoms. The predicted octanol–water partition coefficient (Wildman–Crippen LogP) is 6.39. The third-order valence-electron chi connectivity index (χ3n) is 5.81. The molecule has 0 saturated heterocycles. The normalized spacial score (nSPS) is 16.3. The third-order valence-corrected chi connectivity index (χ3v) is 5.81. The Morgan fingerprint density at radius 3 is 2.17 bits per heavy atom. The molecule has 6 nitrogen and oxygen atoms in total. The van der Waals surface area contributed by atoms with Crippen LogP contribution in [0.15, 0.2) is 78.2 Å². The first-order valence-corrected chi connectivity index (χ1v) is 11.6. The maximum Gasteiger partial charge on any atom is 0.260 e. The lowest BCUT2D eigenvalue weighted by Crippen LogP contribution is -2.26. The predicted molar refractivity (Wildman–Crippen MR) is 139 cm³/mol. The molecule has 178 valence electrons. The zero-order valence-corrected chi connectivity index (χ0v) is 20.5. The Bertz CT molecular complexity index is 1640. The maximum absolute atomic E-state index is 13.5. The fourth-order valence-corrected chi connectivity index (χ4v) is 4.84. The molecule has 6 heteroatoms. The molecule has 1 aliphatic rings. The fraction of sp³-hybridized carbons (Fsp3) is 0.276. The molecule has 0 aliphatic carbocycles. The molecule has 4 aromatic rings. The molecular formula is C29H27NO5. The minimum absolute atomic E-state index is 0.0297. The van der Waals surface area contributed by atoms with E-state index in [1.54, 1.807) is 42.5 Å². The molecule has 0 N–H and O–H groups in total. The summed E-state index contributed by atoms with van der Waals surface area (Å²) in [6.07, 6.45) is 3.69. The summed E-state index contributed by atoms with van der Waals surface area (Å²) in [5, 5.41) is 0.882. The van der Waals surface area contributed by atoms with Gasteiger partial charge in [-0.1, -0.05) is 45.0 Å². The van der Waals surface area contributed by atoms with Crippen molar-refractivity contribution in [2.45, 2.75) is 46.6 Å². The van der Waals surface area contributed by atoms with Crippen molar-refractivity contribution in [3.8, 4) is 0 Å². The monoisotopic (exact) mass is 469 g/mol. The summed E-state index contributed by atoms with van der Waals surface area (Å²) in [5.74, 6) is 0.716. The van der Waals surface area contributed by atoms with Gasteiger partial charge in [-0.05, 0) is 56.0 Å². The van der Waals surface area contributed by atoms with Crippen LogP contribution in [-0.4, -0.2) is 11.4 Å². The quantitative estimate of drug-likeness (QED) is 0.347. The van der Waals surface area contributed by atoms with E-state index in [0.717, 1.165) is 6.42 Å². The second kappa shape index (κ2) is 8.08. The third kappa shape index (κ3) is 4.32. The van der Waals surface area contributed by atoms with Gasteiger partial charge in [-0.2, -0.15) is 0 Å². The largest absolute Gasteiger partial charge is 0.463 e. The molecular weight excluding hydrogens is 442 g/mol. The van der Waals surface area contributed by atoms with Crippen molar-refractivity contribution in [1.29, 1.82) is 0 Å². The molecule has 0 saturated carbocycles. The number of hydrogen-bond donors (Lipinski definition) is 0. The van der Waals surface area contributed by atoms with Gasteiger partial charge in [-0.15, -0.1) is 0 Å². The van der Waals surface area contributed by atoms with Gasteiger partial charge in [-0.25, -0.2) is 4.99 Å². The van der Waals surface area contributed by atoms with Gasteiger partial charge in [0.1, 0.15) is 28.8 Å². The summed E-state index contributed by atoms with van der Waals surface area (Å²) >= 11 is 0. The van der Waals surface area contributed by atoms with Crippen LogP contribution in [0.25, 0.3) is 33.8 Å². The van der Waals surface area contributed by atoms with Crippen LogP contribution in [0.1, 0.15) is 57.9 Å². The van der Waals surface area contributed by atoms with Crippen molar-refractivity contribution in [3.63, 3.8) is 0 Å². The highest BCUT2D eigenvalue weighted by Crippen LogP contribution is 2.35. The molecule has 2 aromatic heterocycles. The number of ether oxygens (including phenoxy) is 1. The Morgan fingerprint density at radius 1 is 0.857 bits per heavy atom. The number of aliphatic imine (C=N–C) groups is 1. The maximum atomic E-state index is 13.5. The van der Waals surface area contributed by atoms with Crippen molar-refractivity contribution in [2.75, 3.05) is 0 Å². The van der Waals surface area contributed by atoms with Gasteiger partial charge in [0.25, 0.3) is 5.90 Å². The van der Waals surface area contributed by atoms with Gasteiger partial charge in [0.15, 0.2) is 5.43 Å². The molecule has 5 rings (SSSR count). The Hall–Kier alpha value is -3.93. The first kappa shape index (κ1) is 22.8. The van der Waals surface area contributed by atoms with Crippen LogP contribution in [0.5, 0.6) is 0 Å². The van der Waals surface area contributed by atoms with Gasteiger partial charge in [0.05, 0.1) is 21.9 Å². The zero-order valence-electron chi connectivity index (χ0n) is 20.5. The van der Waals surface area contributed by atoms with E-state index in [9.17, 15) is 9.59 Å². The SMILES string of the molecule is CC(C)(C)CC(C)(C)N=C1O/C(=C\c2coc3ccccc3c2=O)c2c1oc1ccccc1c2=O. The van der Waals surface area contributed by atoms with Crippen molar-refractivity contribution in [2.24, 2.45) is 10.4 Å².